The average molecular weight is 287 g/mol. The number of alkyl halides is 1. The lowest BCUT2D eigenvalue weighted by molar-refractivity contribution is -0.143. The van der Waals surface area contributed by atoms with Crippen LogP contribution in [0.15, 0.2) is 0 Å². The fourth-order valence-corrected chi connectivity index (χ4v) is 0.681. The van der Waals surface area contributed by atoms with E-state index in [2.05, 4.69) is 0 Å². The number of carbonyl (C=O) groups is 1. The van der Waals surface area contributed by atoms with Crippen LogP contribution in [0.5, 0.6) is 0 Å². The van der Waals surface area contributed by atoms with E-state index in [1.54, 1.807) is 6.92 Å². The van der Waals surface area contributed by atoms with Crippen molar-refractivity contribution < 1.29 is 14.3 Å². The van der Waals surface area contributed by atoms with Crippen LogP contribution in [0.1, 0.15) is 6.92 Å². The Morgan fingerprint density at radius 3 is 2.67 bits per heavy atom. The summed E-state index contributed by atoms with van der Waals surface area (Å²) >= 11 is 2.00. The maximum atomic E-state index is 10.9. The second kappa shape index (κ2) is 7.75. The van der Waals surface area contributed by atoms with Crippen LogP contribution in [0.2, 0.25) is 0 Å². The van der Waals surface area contributed by atoms with E-state index in [0.29, 0.717) is 26.4 Å². The third-order valence-corrected chi connectivity index (χ3v) is 1.57. The molecular formula is C7H14INO3. The molecule has 1 atom stereocenters. The van der Waals surface area contributed by atoms with Crippen molar-refractivity contribution in [2.75, 3.05) is 26.4 Å². The summed E-state index contributed by atoms with van der Waals surface area (Å²) in [5.74, 6) is -0.202. The van der Waals surface area contributed by atoms with Crippen molar-refractivity contribution in [3.8, 4) is 0 Å². The quantitative estimate of drug-likeness (QED) is 0.331. The molecule has 0 bridgehead atoms. The van der Waals surface area contributed by atoms with Crippen molar-refractivity contribution in [1.82, 2.24) is 0 Å². The molecule has 1 unspecified atom stereocenters. The Morgan fingerprint density at radius 1 is 1.50 bits per heavy atom. The second-order valence-electron chi connectivity index (χ2n) is 2.18. The molecule has 0 aromatic carbocycles. The van der Waals surface area contributed by atoms with Crippen LogP contribution in [-0.2, 0) is 14.3 Å². The minimum absolute atomic E-state index is 0.0999. The van der Waals surface area contributed by atoms with Crippen LogP contribution in [0.4, 0.5) is 0 Å². The average Bonchev–Trinajstić information content (AvgIpc) is 2.03. The van der Waals surface area contributed by atoms with Crippen molar-refractivity contribution in [3.63, 3.8) is 0 Å². The molecule has 0 radical (unpaired) electrons. The number of rotatable bonds is 6. The van der Waals surface area contributed by atoms with Crippen LogP contribution in [0.3, 0.4) is 0 Å². The van der Waals surface area contributed by atoms with Crippen molar-refractivity contribution in [2.45, 2.75) is 10.8 Å². The molecule has 72 valence electrons. The Kier molecular flexibility index (Phi) is 7.83. The molecule has 0 rings (SSSR count). The molecular weight excluding hydrogens is 273 g/mol. The van der Waals surface area contributed by atoms with E-state index in [0.717, 1.165) is 0 Å². The number of carbonyl (C=O) groups excluding carboxylic acids is 1. The molecule has 0 aromatic rings. The predicted octanol–water partition coefficient (Wildman–Crippen LogP) is 0.328. The third kappa shape index (κ3) is 6.81. The molecule has 0 aliphatic carbocycles. The lowest BCUT2D eigenvalue weighted by Gasteiger charge is -2.05. The summed E-state index contributed by atoms with van der Waals surface area (Å²) < 4.78 is 9.75. The summed E-state index contributed by atoms with van der Waals surface area (Å²) in [5, 5.41) is 0. The number of esters is 1. The molecule has 0 amide bonds. The van der Waals surface area contributed by atoms with Gasteiger partial charge in [0, 0.05) is 6.54 Å². The van der Waals surface area contributed by atoms with Gasteiger partial charge in [-0.3, -0.25) is 4.79 Å². The minimum atomic E-state index is -0.202. The topological polar surface area (TPSA) is 61.5 Å². The Morgan fingerprint density at radius 2 is 2.17 bits per heavy atom. The molecule has 0 saturated heterocycles. The summed E-state index contributed by atoms with van der Waals surface area (Å²) in [7, 11) is 0. The van der Waals surface area contributed by atoms with E-state index >= 15 is 0 Å². The maximum absolute atomic E-state index is 10.9. The highest BCUT2D eigenvalue weighted by atomic mass is 127. The molecule has 0 heterocycles. The first-order valence-electron chi connectivity index (χ1n) is 3.77. The van der Waals surface area contributed by atoms with E-state index in [4.69, 9.17) is 15.2 Å². The summed E-state index contributed by atoms with van der Waals surface area (Å²) in [6, 6.07) is 0. The predicted molar refractivity (Wildman–Crippen MR) is 54.3 cm³/mol. The van der Waals surface area contributed by atoms with Gasteiger partial charge in [-0.05, 0) is 6.92 Å². The van der Waals surface area contributed by atoms with Gasteiger partial charge < -0.3 is 15.2 Å². The summed E-state index contributed by atoms with van der Waals surface area (Å²) in [6.45, 7) is 3.52. The highest BCUT2D eigenvalue weighted by Gasteiger charge is 2.08. The first-order valence-corrected chi connectivity index (χ1v) is 5.01. The zero-order chi connectivity index (χ0) is 9.40. The first kappa shape index (κ1) is 12.1. The van der Waals surface area contributed by atoms with Crippen LogP contribution in [0.25, 0.3) is 0 Å². The molecule has 2 N–H and O–H groups in total. The number of hydrogen-bond donors (Lipinski definition) is 1. The van der Waals surface area contributed by atoms with Gasteiger partial charge in [0.05, 0.1) is 13.2 Å². The van der Waals surface area contributed by atoms with Gasteiger partial charge in [-0.2, -0.15) is 0 Å². The van der Waals surface area contributed by atoms with Crippen LogP contribution in [0, 0.1) is 0 Å². The van der Waals surface area contributed by atoms with Gasteiger partial charge in [0.15, 0.2) is 0 Å². The standard InChI is InChI=1S/C7H14INO3/c1-6(8)7(10)12-5-4-11-3-2-9/h6H,2-5,9H2,1H3. The van der Waals surface area contributed by atoms with E-state index in [1.807, 2.05) is 22.6 Å². The summed E-state index contributed by atoms with van der Waals surface area (Å²) in [6.07, 6.45) is 0. The normalized spacial score (nSPS) is 12.6. The highest BCUT2D eigenvalue weighted by molar-refractivity contribution is 14.1. The fourth-order valence-electron chi connectivity index (χ4n) is 0.501. The van der Waals surface area contributed by atoms with E-state index in [9.17, 15) is 4.79 Å². The molecule has 0 saturated carbocycles. The van der Waals surface area contributed by atoms with Gasteiger partial charge >= 0.3 is 5.97 Å². The smallest absolute Gasteiger partial charge is 0.318 e. The lowest BCUT2D eigenvalue weighted by atomic mass is 10.5. The van der Waals surface area contributed by atoms with E-state index < -0.39 is 0 Å². The molecule has 5 heteroatoms. The Bertz CT molecular complexity index is 130. The Balaban J connectivity index is 3.14. The molecule has 0 aliphatic heterocycles. The number of ether oxygens (including phenoxy) is 2. The maximum Gasteiger partial charge on any atom is 0.318 e. The SMILES string of the molecule is CC(I)C(=O)OCCOCCN. The summed E-state index contributed by atoms with van der Waals surface area (Å²) in [4.78, 5) is 10.9. The van der Waals surface area contributed by atoms with Crippen LogP contribution >= 0.6 is 22.6 Å². The molecule has 0 aliphatic rings. The highest BCUT2D eigenvalue weighted by Crippen LogP contribution is 2.00. The van der Waals surface area contributed by atoms with Gasteiger partial charge in [0.25, 0.3) is 0 Å². The number of halogens is 1. The van der Waals surface area contributed by atoms with Gasteiger partial charge in [-0.15, -0.1) is 0 Å². The molecule has 0 spiro atoms. The van der Waals surface area contributed by atoms with Gasteiger partial charge in [-0.25, -0.2) is 0 Å². The van der Waals surface area contributed by atoms with Crippen molar-refractivity contribution in [1.29, 1.82) is 0 Å². The lowest BCUT2D eigenvalue weighted by Crippen LogP contribution is -2.18. The molecule has 0 fully saturated rings. The largest absolute Gasteiger partial charge is 0.462 e. The number of nitrogens with two attached hydrogens (primary N) is 1. The van der Waals surface area contributed by atoms with Crippen molar-refractivity contribution >= 4 is 28.6 Å². The molecule has 4 nitrogen and oxygen atoms in total. The van der Waals surface area contributed by atoms with Gasteiger partial charge in [0.1, 0.15) is 10.5 Å². The van der Waals surface area contributed by atoms with Crippen molar-refractivity contribution in [2.24, 2.45) is 5.73 Å². The summed E-state index contributed by atoms with van der Waals surface area (Å²) in [5.41, 5.74) is 5.18. The number of hydrogen-bond acceptors (Lipinski definition) is 4. The Labute approximate surface area is 85.9 Å². The minimum Gasteiger partial charge on any atom is -0.462 e. The molecule has 12 heavy (non-hydrogen) atoms. The van der Waals surface area contributed by atoms with Gasteiger partial charge in [-0.1, -0.05) is 22.6 Å². The monoisotopic (exact) mass is 287 g/mol. The molecule has 0 aromatic heterocycles. The van der Waals surface area contributed by atoms with Crippen LogP contribution in [-0.4, -0.2) is 36.3 Å². The third-order valence-electron chi connectivity index (χ3n) is 1.06. The second-order valence-corrected chi connectivity index (χ2v) is 4.05. The van der Waals surface area contributed by atoms with E-state index in [-0.39, 0.29) is 9.89 Å². The Hall–Kier alpha value is 0.120. The first-order chi connectivity index (χ1) is 5.68. The zero-order valence-corrected chi connectivity index (χ0v) is 9.24. The zero-order valence-electron chi connectivity index (χ0n) is 7.09. The van der Waals surface area contributed by atoms with Crippen molar-refractivity contribution in [3.05, 3.63) is 0 Å². The van der Waals surface area contributed by atoms with Crippen LogP contribution < -0.4 is 5.73 Å². The van der Waals surface area contributed by atoms with Gasteiger partial charge in [0.2, 0.25) is 0 Å². The fraction of sp³-hybridized carbons (Fsp3) is 0.857. The van der Waals surface area contributed by atoms with E-state index in [1.165, 1.54) is 0 Å².